The van der Waals surface area contributed by atoms with Gasteiger partial charge in [0.15, 0.2) is 17.4 Å². The van der Waals surface area contributed by atoms with E-state index in [-0.39, 0.29) is 5.82 Å². The normalized spacial score (nSPS) is 11.5. The van der Waals surface area contributed by atoms with Crippen molar-refractivity contribution >= 4 is 11.6 Å². The summed E-state index contributed by atoms with van der Waals surface area (Å²) >= 11 is 0. The zero-order valence-corrected chi connectivity index (χ0v) is 17.0. The highest BCUT2D eigenvalue weighted by molar-refractivity contribution is 5.79. The van der Waals surface area contributed by atoms with Crippen molar-refractivity contribution < 1.29 is 9.13 Å². The van der Waals surface area contributed by atoms with Gasteiger partial charge in [-0.1, -0.05) is 18.2 Å². The molecule has 0 aliphatic heterocycles. The Morgan fingerprint density at radius 3 is 2.90 bits per heavy atom. The van der Waals surface area contributed by atoms with E-state index in [9.17, 15) is 4.39 Å². The van der Waals surface area contributed by atoms with Crippen molar-refractivity contribution in [1.82, 2.24) is 30.2 Å². The number of fused-ring (bicyclic) bond motifs is 1. The largest absolute Gasteiger partial charge is 0.439 e. The molecule has 0 saturated carbocycles. The fourth-order valence-corrected chi connectivity index (χ4v) is 2.96. The van der Waals surface area contributed by atoms with Gasteiger partial charge in [0.2, 0.25) is 5.88 Å². The summed E-state index contributed by atoms with van der Waals surface area (Å²) in [5, 5.41) is 14.9. The lowest BCUT2D eigenvalue weighted by atomic mass is 10.2. The molecule has 0 aliphatic carbocycles. The third-order valence-corrected chi connectivity index (χ3v) is 4.41. The van der Waals surface area contributed by atoms with Crippen LogP contribution in [0.15, 0.2) is 72.0 Å². The van der Waals surface area contributed by atoms with Crippen molar-refractivity contribution in [3.8, 4) is 11.6 Å². The molecule has 4 rings (SSSR count). The van der Waals surface area contributed by atoms with Gasteiger partial charge in [0, 0.05) is 30.6 Å². The van der Waals surface area contributed by atoms with E-state index in [4.69, 9.17) is 4.74 Å². The minimum Gasteiger partial charge on any atom is -0.439 e. The molecule has 0 aliphatic rings. The molecule has 0 spiro atoms. The number of nitrogens with one attached hydrogen (secondary N) is 2. The summed E-state index contributed by atoms with van der Waals surface area (Å²) in [7, 11) is 0. The van der Waals surface area contributed by atoms with Gasteiger partial charge in [0.25, 0.3) is 0 Å². The maximum Gasteiger partial charge on any atom is 0.224 e. The summed E-state index contributed by atoms with van der Waals surface area (Å²) in [5.41, 5.74) is 1.56. The lowest BCUT2D eigenvalue weighted by Gasteiger charge is -2.12. The summed E-state index contributed by atoms with van der Waals surface area (Å²) < 4.78 is 21.1. The van der Waals surface area contributed by atoms with Gasteiger partial charge in [-0.25, -0.2) is 14.4 Å². The van der Waals surface area contributed by atoms with Crippen molar-refractivity contribution in [2.45, 2.75) is 20.0 Å². The molecule has 8 nitrogen and oxygen atoms in total. The lowest BCUT2D eigenvalue weighted by Crippen LogP contribution is -2.37. The Labute approximate surface area is 178 Å². The van der Waals surface area contributed by atoms with E-state index >= 15 is 0 Å². The van der Waals surface area contributed by atoms with E-state index < -0.39 is 0 Å². The number of hydrogen-bond donors (Lipinski definition) is 2. The summed E-state index contributed by atoms with van der Waals surface area (Å²) in [5.74, 6) is 1.80. The molecule has 0 radical (unpaired) electrons. The SMILES string of the molecule is CCNC(=NCc1cccnc1Oc1cccc(F)c1)NCc1nnc2ccccn12. The Balaban J connectivity index is 1.47. The average Bonchev–Trinajstić information content (AvgIpc) is 3.20. The molecule has 31 heavy (non-hydrogen) atoms. The van der Waals surface area contributed by atoms with Crippen LogP contribution in [-0.2, 0) is 13.1 Å². The highest BCUT2D eigenvalue weighted by Gasteiger charge is 2.09. The number of aliphatic imine (C=N–C) groups is 1. The molecular weight excluding hydrogens is 397 g/mol. The van der Waals surface area contributed by atoms with Crippen LogP contribution >= 0.6 is 0 Å². The highest BCUT2D eigenvalue weighted by atomic mass is 19.1. The van der Waals surface area contributed by atoms with Gasteiger partial charge >= 0.3 is 0 Å². The van der Waals surface area contributed by atoms with Gasteiger partial charge < -0.3 is 15.4 Å². The Bertz CT molecular complexity index is 1190. The Kier molecular flexibility index (Phi) is 6.32. The van der Waals surface area contributed by atoms with E-state index in [0.29, 0.717) is 37.2 Å². The van der Waals surface area contributed by atoms with Crippen LogP contribution in [0.3, 0.4) is 0 Å². The van der Waals surface area contributed by atoms with Gasteiger partial charge in [0.05, 0.1) is 13.1 Å². The number of halogens is 1. The fourth-order valence-electron chi connectivity index (χ4n) is 2.96. The van der Waals surface area contributed by atoms with Gasteiger partial charge in [-0.15, -0.1) is 10.2 Å². The molecule has 0 atom stereocenters. The second-order valence-corrected chi connectivity index (χ2v) is 6.62. The molecule has 0 amide bonds. The smallest absolute Gasteiger partial charge is 0.224 e. The highest BCUT2D eigenvalue weighted by Crippen LogP contribution is 2.23. The molecule has 0 unspecified atom stereocenters. The predicted molar refractivity (Wildman–Crippen MR) is 115 cm³/mol. The topological polar surface area (TPSA) is 88.7 Å². The van der Waals surface area contributed by atoms with Gasteiger partial charge in [0.1, 0.15) is 11.6 Å². The molecule has 9 heteroatoms. The van der Waals surface area contributed by atoms with E-state index in [2.05, 4.69) is 30.8 Å². The number of ether oxygens (including phenoxy) is 1. The van der Waals surface area contributed by atoms with Crippen molar-refractivity contribution in [1.29, 1.82) is 0 Å². The molecule has 0 fully saturated rings. The van der Waals surface area contributed by atoms with Crippen LogP contribution in [0.5, 0.6) is 11.6 Å². The molecule has 3 aromatic heterocycles. The lowest BCUT2D eigenvalue weighted by molar-refractivity contribution is 0.452. The first kappa shape index (κ1) is 20.3. The van der Waals surface area contributed by atoms with Crippen LogP contribution in [0.25, 0.3) is 5.65 Å². The van der Waals surface area contributed by atoms with Crippen molar-refractivity contribution in [2.75, 3.05) is 6.54 Å². The molecule has 3 heterocycles. The molecule has 0 bridgehead atoms. The molecule has 1 aromatic carbocycles. The zero-order chi connectivity index (χ0) is 21.5. The van der Waals surface area contributed by atoms with Gasteiger partial charge in [-0.3, -0.25) is 4.40 Å². The standard InChI is InChI=1S/C22H22FN7O/c1-2-24-22(27-15-20-29-28-19-10-3-4-12-30(19)20)26-14-16-7-6-11-25-21(16)31-18-9-5-8-17(23)13-18/h3-13H,2,14-15H2,1H3,(H2,24,26,27). The summed E-state index contributed by atoms with van der Waals surface area (Å²) in [6.45, 7) is 3.48. The average molecular weight is 419 g/mol. The Morgan fingerprint density at radius 1 is 1.10 bits per heavy atom. The number of rotatable bonds is 7. The van der Waals surface area contributed by atoms with Crippen LogP contribution in [-0.4, -0.2) is 32.1 Å². The van der Waals surface area contributed by atoms with E-state index in [1.54, 1.807) is 18.3 Å². The zero-order valence-electron chi connectivity index (χ0n) is 17.0. The fraction of sp³-hybridized carbons (Fsp3) is 0.182. The third kappa shape index (κ3) is 5.13. The molecule has 4 aromatic rings. The first-order valence-electron chi connectivity index (χ1n) is 9.91. The number of pyridine rings is 2. The number of benzene rings is 1. The first-order chi connectivity index (χ1) is 15.2. The van der Waals surface area contributed by atoms with E-state index in [1.807, 2.05) is 47.9 Å². The number of aromatic nitrogens is 4. The molecule has 0 saturated heterocycles. The summed E-state index contributed by atoms with van der Waals surface area (Å²) in [4.78, 5) is 8.90. The molecular formula is C22H22FN7O. The van der Waals surface area contributed by atoms with Gasteiger partial charge in [-0.2, -0.15) is 0 Å². The number of guanidine groups is 1. The van der Waals surface area contributed by atoms with Crippen molar-refractivity contribution in [2.24, 2.45) is 4.99 Å². The summed E-state index contributed by atoms with van der Waals surface area (Å²) in [6.07, 6.45) is 3.55. The second-order valence-electron chi connectivity index (χ2n) is 6.62. The minimum absolute atomic E-state index is 0.328. The maximum absolute atomic E-state index is 13.5. The van der Waals surface area contributed by atoms with Crippen LogP contribution in [0, 0.1) is 5.82 Å². The van der Waals surface area contributed by atoms with Crippen LogP contribution < -0.4 is 15.4 Å². The van der Waals surface area contributed by atoms with Crippen LogP contribution in [0.1, 0.15) is 18.3 Å². The van der Waals surface area contributed by atoms with Gasteiger partial charge in [-0.05, 0) is 37.3 Å². The summed E-state index contributed by atoms with van der Waals surface area (Å²) in [6, 6.07) is 15.4. The van der Waals surface area contributed by atoms with Crippen LogP contribution in [0.4, 0.5) is 4.39 Å². The minimum atomic E-state index is -0.368. The van der Waals surface area contributed by atoms with Crippen molar-refractivity contribution in [3.05, 3.63) is 84.2 Å². The predicted octanol–water partition coefficient (Wildman–Crippen LogP) is 3.31. The third-order valence-electron chi connectivity index (χ3n) is 4.41. The quantitative estimate of drug-likeness (QED) is 0.353. The Morgan fingerprint density at radius 2 is 2.03 bits per heavy atom. The Hall–Kier alpha value is -4.01. The second kappa shape index (κ2) is 9.66. The number of hydrogen-bond acceptors (Lipinski definition) is 5. The number of nitrogens with zero attached hydrogens (tertiary/aromatic N) is 5. The van der Waals surface area contributed by atoms with E-state index in [1.165, 1.54) is 12.1 Å². The molecule has 158 valence electrons. The van der Waals surface area contributed by atoms with Crippen LogP contribution in [0.2, 0.25) is 0 Å². The molecule has 2 N–H and O–H groups in total. The monoisotopic (exact) mass is 419 g/mol. The van der Waals surface area contributed by atoms with Crippen molar-refractivity contribution in [3.63, 3.8) is 0 Å². The van der Waals surface area contributed by atoms with E-state index in [0.717, 1.165) is 17.0 Å². The first-order valence-corrected chi connectivity index (χ1v) is 9.91. The maximum atomic E-state index is 13.5.